The Hall–Kier alpha value is -1.11. The molecule has 0 amide bonds. The molecule has 0 atom stereocenters. The summed E-state index contributed by atoms with van der Waals surface area (Å²) < 4.78 is 33.6. The molecule has 108 valence electrons. The maximum absolute atomic E-state index is 11.4. The Morgan fingerprint density at radius 3 is 2.42 bits per heavy atom. The Labute approximate surface area is 114 Å². The molecule has 1 aromatic carbocycles. The summed E-state index contributed by atoms with van der Waals surface area (Å²) >= 11 is 0. The zero-order valence-corrected chi connectivity index (χ0v) is 12.4. The third kappa shape index (κ3) is 4.81. The third-order valence-corrected chi connectivity index (χ3v) is 3.73. The number of aryl methyl sites for hydroxylation is 2. The minimum absolute atomic E-state index is 0.145. The number of primary sulfonamides is 1. The summed E-state index contributed by atoms with van der Waals surface area (Å²) in [5, 5.41) is 5.15. The molecule has 0 bridgehead atoms. The van der Waals surface area contributed by atoms with Crippen molar-refractivity contribution in [1.29, 1.82) is 0 Å². The normalized spacial score (nSPS) is 11.6. The predicted molar refractivity (Wildman–Crippen MR) is 73.9 cm³/mol. The van der Waals surface area contributed by atoms with Crippen LogP contribution in [-0.2, 0) is 14.8 Å². The van der Waals surface area contributed by atoms with E-state index in [2.05, 4.69) is 0 Å². The summed E-state index contributed by atoms with van der Waals surface area (Å²) in [6.07, 6.45) is 0.795. The molecular formula is C13H21NO4S. The number of sulfonamides is 1. The first-order valence-corrected chi connectivity index (χ1v) is 7.75. The van der Waals surface area contributed by atoms with Crippen molar-refractivity contribution in [2.24, 2.45) is 5.14 Å². The summed E-state index contributed by atoms with van der Waals surface area (Å²) in [7, 11) is -3.68. The maximum atomic E-state index is 11.4. The molecule has 0 saturated heterocycles. The van der Waals surface area contributed by atoms with E-state index >= 15 is 0 Å². The van der Waals surface area contributed by atoms with Gasteiger partial charge >= 0.3 is 0 Å². The Morgan fingerprint density at radius 1 is 1.16 bits per heavy atom. The van der Waals surface area contributed by atoms with Crippen molar-refractivity contribution in [3.05, 3.63) is 23.3 Å². The van der Waals surface area contributed by atoms with Gasteiger partial charge in [-0.15, -0.1) is 0 Å². The van der Waals surface area contributed by atoms with Crippen molar-refractivity contribution in [2.75, 3.05) is 19.8 Å². The number of benzene rings is 1. The fourth-order valence-electron chi connectivity index (χ4n) is 1.71. The molecule has 0 unspecified atom stereocenters. The SMILES string of the molecule is CCOCCCOc1cc(C)c(S(N)(=O)=O)cc1C. The average Bonchev–Trinajstić information content (AvgIpc) is 2.31. The average molecular weight is 287 g/mol. The van der Waals surface area contributed by atoms with E-state index in [1.54, 1.807) is 26.0 Å². The highest BCUT2D eigenvalue weighted by molar-refractivity contribution is 7.89. The first kappa shape index (κ1) is 15.9. The lowest BCUT2D eigenvalue weighted by molar-refractivity contribution is 0.130. The molecule has 0 aliphatic carbocycles. The fourth-order valence-corrected chi connectivity index (χ4v) is 2.56. The Bertz CT molecular complexity index is 526. The summed E-state index contributed by atoms with van der Waals surface area (Å²) in [5.41, 5.74) is 1.35. The van der Waals surface area contributed by atoms with E-state index in [9.17, 15) is 8.42 Å². The van der Waals surface area contributed by atoms with Crippen LogP contribution in [0, 0.1) is 13.8 Å². The van der Waals surface area contributed by atoms with Gasteiger partial charge in [0, 0.05) is 19.6 Å². The lowest BCUT2D eigenvalue weighted by atomic mass is 10.1. The van der Waals surface area contributed by atoms with Crippen molar-refractivity contribution in [2.45, 2.75) is 32.1 Å². The molecule has 0 radical (unpaired) electrons. The van der Waals surface area contributed by atoms with Crippen LogP contribution >= 0.6 is 0 Å². The number of rotatable bonds is 7. The monoisotopic (exact) mass is 287 g/mol. The van der Waals surface area contributed by atoms with E-state index in [-0.39, 0.29) is 4.90 Å². The zero-order chi connectivity index (χ0) is 14.5. The quantitative estimate of drug-likeness (QED) is 0.775. The first-order chi connectivity index (χ1) is 8.86. The molecule has 0 aliphatic heterocycles. The number of ether oxygens (including phenoxy) is 2. The smallest absolute Gasteiger partial charge is 0.238 e. The summed E-state index contributed by atoms with van der Waals surface area (Å²) in [6, 6.07) is 3.25. The van der Waals surface area contributed by atoms with Crippen molar-refractivity contribution < 1.29 is 17.9 Å². The van der Waals surface area contributed by atoms with Gasteiger partial charge in [-0.05, 0) is 44.0 Å². The molecule has 0 saturated carbocycles. The molecule has 0 heterocycles. The van der Waals surface area contributed by atoms with Crippen LogP contribution in [0.2, 0.25) is 0 Å². The molecule has 6 heteroatoms. The molecule has 1 aromatic rings. The van der Waals surface area contributed by atoms with Crippen molar-refractivity contribution in [3.63, 3.8) is 0 Å². The minimum Gasteiger partial charge on any atom is -0.493 e. The van der Waals surface area contributed by atoms with Crippen LogP contribution in [0.1, 0.15) is 24.5 Å². The van der Waals surface area contributed by atoms with Gasteiger partial charge in [-0.25, -0.2) is 13.6 Å². The standard InChI is InChI=1S/C13H21NO4S/c1-4-17-6-5-7-18-12-8-11(3)13(9-10(12)2)19(14,15)16/h8-9H,4-7H2,1-3H3,(H2,14,15,16). The Kier molecular flexibility index (Phi) is 5.78. The van der Waals surface area contributed by atoms with Gasteiger partial charge in [0.1, 0.15) is 5.75 Å². The van der Waals surface area contributed by atoms with E-state index in [1.807, 2.05) is 6.92 Å². The van der Waals surface area contributed by atoms with Gasteiger partial charge < -0.3 is 9.47 Å². The zero-order valence-electron chi connectivity index (χ0n) is 11.6. The number of nitrogens with two attached hydrogens (primary N) is 1. The van der Waals surface area contributed by atoms with Crippen molar-refractivity contribution in [1.82, 2.24) is 0 Å². The summed E-state index contributed by atoms with van der Waals surface area (Å²) in [6.45, 7) is 7.33. The lowest BCUT2D eigenvalue weighted by Crippen LogP contribution is -2.14. The van der Waals surface area contributed by atoms with Crippen LogP contribution in [0.25, 0.3) is 0 Å². The van der Waals surface area contributed by atoms with E-state index < -0.39 is 10.0 Å². The van der Waals surface area contributed by atoms with Gasteiger partial charge in [0.05, 0.1) is 11.5 Å². The second-order valence-electron chi connectivity index (χ2n) is 4.33. The molecule has 0 fully saturated rings. The molecule has 0 aliphatic rings. The largest absolute Gasteiger partial charge is 0.493 e. The molecule has 5 nitrogen and oxygen atoms in total. The summed E-state index contributed by atoms with van der Waals surface area (Å²) in [4.78, 5) is 0.145. The second kappa shape index (κ2) is 6.88. The van der Waals surface area contributed by atoms with Crippen molar-refractivity contribution >= 4 is 10.0 Å². The molecule has 19 heavy (non-hydrogen) atoms. The highest BCUT2D eigenvalue weighted by Gasteiger charge is 2.14. The van der Waals surface area contributed by atoms with Crippen LogP contribution in [0.5, 0.6) is 5.75 Å². The number of hydrogen-bond acceptors (Lipinski definition) is 4. The van der Waals surface area contributed by atoms with Gasteiger partial charge in [0.25, 0.3) is 0 Å². The molecule has 0 aromatic heterocycles. The number of hydrogen-bond donors (Lipinski definition) is 1. The molecule has 0 spiro atoms. The highest BCUT2D eigenvalue weighted by atomic mass is 32.2. The topological polar surface area (TPSA) is 78.6 Å². The highest BCUT2D eigenvalue weighted by Crippen LogP contribution is 2.25. The second-order valence-corrected chi connectivity index (χ2v) is 5.86. The fraction of sp³-hybridized carbons (Fsp3) is 0.538. The van der Waals surface area contributed by atoms with Crippen LogP contribution < -0.4 is 9.88 Å². The molecular weight excluding hydrogens is 266 g/mol. The summed E-state index contributed by atoms with van der Waals surface area (Å²) in [5.74, 6) is 0.682. The van der Waals surface area contributed by atoms with Crippen molar-refractivity contribution in [3.8, 4) is 5.75 Å². The van der Waals surface area contributed by atoms with Gasteiger partial charge in [0.2, 0.25) is 10.0 Å². The van der Waals surface area contributed by atoms with Gasteiger partial charge in [0.15, 0.2) is 0 Å². The maximum Gasteiger partial charge on any atom is 0.238 e. The van der Waals surface area contributed by atoms with E-state index in [0.717, 1.165) is 12.0 Å². The van der Waals surface area contributed by atoms with Crippen LogP contribution in [-0.4, -0.2) is 28.2 Å². The van der Waals surface area contributed by atoms with Crippen LogP contribution in [0.15, 0.2) is 17.0 Å². The molecule has 1 rings (SSSR count). The predicted octanol–water partition coefficient (Wildman–Crippen LogP) is 1.76. The van der Waals surface area contributed by atoms with Crippen LogP contribution in [0.3, 0.4) is 0 Å². The third-order valence-electron chi connectivity index (χ3n) is 2.67. The van der Waals surface area contributed by atoms with Gasteiger partial charge in [-0.3, -0.25) is 0 Å². The van der Waals surface area contributed by atoms with Crippen LogP contribution in [0.4, 0.5) is 0 Å². The van der Waals surface area contributed by atoms with Gasteiger partial charge in [-0.1, -0.05) is 0 Å². The Balaban J connectivity index is 2.74. The lowest BCUT2D eigenvalue weighted by Gasteiger charge is -2.12. The minimum atomic E-state index is -3.68. The molecule has 2 N–H and O–H groups in total. The van der Waals surface area contributed by atoms with Gasteiger partial charge in [-0.2, -0.15) is 0 Å². The first-order valence-electron chi connectivity index (χ1n) is 6.21. The van der Waals surface area contributed by atoms with E-state index in [0.29, 0.717) is 31.1 Å². The van der Waals surface area contributed by atoms with E-state index in [1.165, 1.54) is 0 Å². The Morgan fingerprint density at radius 2 is 1.84 bits per heavy atom. The van der Waals surface area contributed by atoms with E-state index in [4.69, 9.17) is 14.6 Å².